The van der Waals surface area contributed by atoms with Crippen LogP contribution in [0, 0.1) is 6.92 Å². The number of likely N-dealkylation sites (tertiary alicyclic amines) is 1. The first-order valence-corrected chi connectivity index (χ1v) is 12.5. The zero-order valence-electron chi connectivity index (χ0n) is 17.9. The number of carbonyl (C=O) groups is 1. The summed E-state index contributed by atoms with van der Waals surface area (Å²) in [6, 6.07) is 10.8. The van der Waals surface area contributed by atoms with Gasteiger partial charge in [-0.25, -0.2) is 8.42 Å². The van der Waals surface area contributed by atoms with E-state index in [2.05, 4.69) is 5.32 Å². The predicted molar refractivity (Wildman–Crippen MR) is 119 cm³/mol. The lowest BCUT2D eigenvalue weighted by Crippen LogP contribution is -2.35. The molecule has 1 fully saturated rings. The van der Waals surface area contributed by atoms with Gasteiger partial charge in [0.25, 0.3) is 0 Å². The van der Waals surface area contributed by atoms with Gasteiger partial charge < -0.3 is 19.7 Å². The number of fused-ring (bicyclic) bond motifs is 1. The molecule has 0 aliphatic carbocycles. The lowest BCUT2D eigenvalue weighted by molar-refractivity contribution is -0.130. The molecule has 0 bridgehead atoms. The summed E-state index contributed by atoms with van der Waals surface area (Å²) < 4.78 is 35.2. The Kier molecular flexibility index (Phi) is 6.09. The highest BCUT2D eigenvalue weighted by atomic mass is 32.2. The number of sulfone groups is 1. The first-order chi connectivity index (χ1) is 14.8. The number of benzene rings is 2. The molecular formula is C23H28N2O5S. The van der Waals surface area contributed by atoms with Crippen LogP contribution in [-0.4, -0.2) is 51.8 Å². The Hall–Kier alpha value is -2.74. The molecule has 1 atom stereocenters. The van der Waals surface area contributed by atoms with Crippen molar-refractivity contribution in [2.45, 2.75) is 37.1 Å². The van der Waals surface area contributed by atoms with Gasteiger partial charge >= 0.3 is 0 Å². The van der Waals surface area contributed by atoms with Gasteiger partial charge in [0.05, 0.1) is 30.7 Å². The molecule has 31 heavy (non-hydrogen) atoms. The minimum absolute atomic E-state index is 0.00472. The second-order valence-electron chi connectivity index (χ2n) is 8.10. The topological polar surface area (TPSA) is 84.9 Å². The molecule has 0 spiro atoms. The lowest BCUT2D eigenvalue weighted by atomic mass is 10.0. The SMILES string of the molecule is Cc1ccc(S(C)(=O)=O)cc1NCC(=O)N1CCCC1c1ccc2c(c1)OCCCO2. The average Bonchev–Trinajstić information content (AvgIpc) is 3.11. The van der Waals surface area contributed by atoms with Gasteiger partial charge in [0.1, 0.15) is 0 Å². The highest BCUT2D eigenvalue weighted by Gasteiger charge is 2.30. The van der Waals surface area contributed by atoms with Gasteiger partial charge in [0, 0.05) is 24.9 Å². The fourth-order valence-corrected chi connectivity index (χ4v) is 4.74. The molecule has 7 nitrogen and oxygen atoms in total. The van der Waals surface area contributed by atoms with Crippen molar-refractivity contribution in [1.82, 2.24) is 4.90 Å². The third kappa shape index (κ3) is 4.79. The molecule has 2 aliphatic heterocycles. The molecule has 1 unspecified atom stereocenters. The van der Waals surface area contributed by atoms with Gasteiger partial charge in [-0.1, -0.05) is 12.1 Å². The Morgan fingerprint density at radius 1 is 1.10 bits per heavy atom. The van der Waals surface area contributed by atoms with Crippen LogP contribution in [0.1, 0.15) is 36.4 Å². The summed E-state index contributed by atoms with van der Waals surface area (Å²) in [7, 11) is -3.31. The summed E-state index contributed by atoms with van der Waals surface area (Å²) in [4.78, 5) is 15.2. The molecule has 2 aliphatic rings. The molecule has 1 N–H and O–H groups in total. The average molecular weight is 445 g/mol. The van der Waals surface area contributed by atoms with Crippen LogP contribution in [0.15, 0.2) is 41.3 Å². The number of rotatable bonds is 5. The maximum atomic E-state index is 13.0. The fraction of sp³-hybridized carbons (Fsp3) is 0.435. The number of hydrogen-bond acceptors (Lipinski definition) is 6. The molecule has 166 valence electrons. The summed E-state index contributed by atoms with van der Waals surface area (Å²) in [5.74, 6) is 1.47. The van der Waals surface area contributed by atoms with E-state index in [0.29, 0.717) is 25.4 Å². The van der Waals surface area contributed by atoms with Crippen molar-refractivity contribution in [1.29, 1.82) is 0 Å². The molecule has 2 aromatic carbocycles. The van der Waals surface area contributed by atoms with Gasteiger partial charge in [-0.15, -0.1) is 0 Å². The predicted octanol–water partition coefficient (Wildman–Crippen LogP) is 3.34. The van der Waals surface area contributed by atoms with Crippen molar-refractivity contribution in [2.75, 3.05) is 37.9 Å². The van der Waals surface area contributed by atoms with E-state index >= 15 is 0 Å². The van der Waals surface area contributed by atoms with Crippen LogP contribution in [0.25, 0.3) is 0 Å². The van der Waals surface area contributed by atoms with Gasteiger partial charge in [0.15, 0.2) is 21.3 Å². The van der Waals surface area contributed by atoms with Crippen LogP contribution in [0.3, 0.4) is 0 Å². The molecule has 2 aromatic rings. The van der Waals surface area contributed by atoms with E-state index in [1.165, 1.54) is 6.26 Å². The zero-order valence-corrected chi connectivity index (χ0v) is 18.7. The second kappa shape index (κ2) is 8.78. The van der Waals surface area contributed by atoms with E-state index in [-0.39, 0.29) is 23.4 Å². The molecule has 1 saturated heterocycles. The monoisotopic (exact) mass is 444 g/mol. The summed E-state index contributed by atoms with van der Waals surface area (Å²) >= 11 is 0. The van der Waals surface area contributed by atoms with E-state index < -0.39 is 9.84 Å². The molecular weight excluding hydrogens is 416 g/mol. The quantitative estimate of drug-likeness (QED) is 0.762. The van der Waals surface area contributed by atoms with Crippen LogP contribution < -0.4 is 14.8 Å². The van der Waals surface area contributed by atoms with E-state index in [1.54, 1.807) is 18.2 Å². The number of ether oxygens (including phenoxy) is 2. The van der Waals surface area contributed by atoms with Crippen molar-refractivity contribution < 1.29 is 22.7 Å². The van der Waals surface area contributed by atoms with E-state index in [1.807, 2.05) is 30.0 Å². The minimum Gasteiger partial charge on any atom is -0.490 e. The van der Waals surface area contributed by atoms with Gasteiger partial charge in [-0.05, 0) is 55.2 Å². The summed E-state index contributed by atoms with van der Waals surface area (Å²) in [5, 5.41) is 3.13. The smallest absolute Gasteiger partial charge is 0.242 e. The van der Waals surface area contributed by atoms with Gasteiger partial charge in [-0.2, -0.15) is 0 Å². The largest absolute Gasteiger partial charge is 0.490 e. The Labute approximate surface area is 183 Å². The van der Waals surface area contributed by atoms with Gasteiger partial charge in [-0.3, -0.25) is 4.79 Å². The van der Waals surface area contributed by atoms with Crippen molar-refractivity contribution in [3.05, 3.63) is 47.5 Å². The van der Waals surface area contributed by atoms with E-state index in [0.717, 1.165) is 41.9 Å². The number of aryl methyl sites for hydroxylation is 1. The number of carbonyl (C=O) groups excluding carboxylic acids is 1. The number of hydrogen-bond donors (Lipinski definition) is 1. The van der Waals surface area contributed by atoms with Crippen molar-refractivity contribution in [2.24, 2.45) is 0 Å². The first kappa shape index (κ1) is 21.5. The van der Waals surface area contributed by atoms with E-state index in [4.69, 9.17) is 9.47 Å². The number of nitrogens with one attached hydrogen (secondary N) is 1. The molecule has 0 aromatic heterocycles. The van der Waals surface area contributed by atoms with Crippen molar-refractivity contribution in [3.8, 4) is 11.5 Å². The van der Waals surface area contributed by atoms with Crippen molar-refractivity contribution >= 4 is 21.4 Å². The standard InChI is InChI=1S/C23H28N2O5S/c1-16-6-8-18(31(2,27)28)14-19(16)24-15-23(26)25-10-3-5-20(25)17-7-9-21-22(13-17)30-12-4-11-29-21/h6-9,13-14,20,24H,3-5,10-12,15H2,1-2H3. The molecule has 4 rings (SSSR count). The van der Waals surface area contributed by atoms with Crippen LogP contribution in [0.5, 0.6) is 11.5 Å². The fourth-order valence-electron chi connectivity index (χ4n) is 4.09. The molecule has 8 heteroatoms. The van der Waals surface area contributed by atoms with Crippen molar-refractivity contribution in [3.63, 3.8) is 0 Å². The second-order valence-corrected chi connectivity index (χ2v) is 10.1. The Morgan fingerprint density at radius 3 is 2.65 bits per heavy atom. The highest BCUT2D eigenvalue weighted by Crippen LogP contribution is 2.38. The van der Waals surface area contributed by atoms with Crippen LogP contribution in [0.4, 0.5) is 5.69 Å². The number of anilines is 1. The minimum atomic E-state index is -3.31. The number of nitrogens with zero attached hydrogens (tertiary/aromatic N) is 1. The molecule has 0 radical (unpaired) electrons. The van der Waals surface area contributed by atoms with Crippen LogP contribution in [0.2, 0.25) is 0 Å². The summed E-state index contributed by atoms with van der Waals surface area (Å²) in [6.07, 6.45) is 3.86. The van der Waals surface area contributed by atoms with E-state index in [9.17, 15) is 13.2 Å². The first-order valence-electron chi connectivity index (χ1n) is 10.6. The third-order valence-corrected chi connectivity index (χ3v) is 6.91. The molecule has 2 heterocycles. The Bertz CT molecular complexity index is 1080. The lowest BCUT2D eigenvalue weighted by Gasteiger charge is -2.26. The Balaban J connectivity index is 1.47. The molecule has 1 amide bonds. The van der Waals surface area contributed by atoms with Crippen LogP contribution in [-0.2, 0) is 14.6 Å². The maximum Gasteiger partial charge on any atom is 0.242 e. The third-order valence-electron chi connectivity index (χ3n) is 5.80. The van der Waals surface area contributed by atoms with Crippen LogP contribution >= 0.6 is 0 Å². The highest BCUT2D eigenvalue weighted by molar-refractivity contribution is 7.90. The summed E-state index contributed by atoms with van der Waals surface area (Å²) in [5.41, 5.74) is 2.59. The molecule has 0 saturated carbocycles. The maximum absolute atomic E-state index is 13.0. The zero-order chi connectivity index (χ0) is 22.0. The van der Waals surface area contributed by atoms with Gasteiger partial charge in [0.2, 0.25) is 5.91 Å². The Morgan fingerprint density at radius 2 is 1.87 bits per heavy atom. The number of amides is 1. The summed E-state index contributed by atoms with van der Waals surface area (Å²) in [6.45, 7) is 3.96. The normalized spacial score (nSPS) is 18.5.